The molecule has 0 radical (unpaired) electrons. The molecule has 3 N–H and O–H groups in total. The van der Waals surface area contributed by atoms with E-state index in [9.17, 15) is 29.4 Å². The first-order valence-corrected chi connectivity index (χ1v) is 17.8. The van der Waals surface area contributed by atoms with Crippen molar-refractivity contribution in [3.05, 3.63) is 42.0 Å². The molecule has 3 atom stereocenters. The van der Waals surface area contributed by atoms with E-state index in [-0.39, 0.29) is 31.8 Å². The molecule has 1 aromatic carbocycles. The van der Waals surface area contributed by atoms with E-state index in [4.69, 9.17) is 9.47 Å². The highest BCUT2D eigenvalue weighted by molar-refractivity contribution is 5.94. The maximum absolute atomic E-state index is 13.7. The van der Waals surface area contributed by atoms with Gasteiger partial charge in [0.15, 0.2) is 11.4 Å². The van der Waals surface area contributed by atoms with Crippen LogP contribution in [-0.2, 0) is 30.3 Å². The standard InChI is InChI=1S/C39H59NO8/c1-5-9-11-14-17-20-32(41)21-18-15-12-13-16-19-22-34(39(46,27-7-3)38(44)45)37(43)40-35(36(42)30-47-8-4)29-31-23-25-33(26-24-31)48-28-10-6-2/h19,22-26,34-35,46H,5,7-9,11-18,20-21,27-30H2,1-4H3,(H,40,43)(H,44,45)/b22-19+/t34-,35+,39+/m1/s1. The molecule has 9 heteroatoms. The van der Waals surface area contributed by atoms with Crippen LogP contribution in [0.2, 0.25) is 0 Å². The number of carbonyl (C=O) groups is 4. The molecular formula is C39H59NO8. The van der Waals surface area contributed by atoms with E-state index >= 15 is 0 Å². The van der Waals surface area contributed by atoms with Crippen molar-refractivity contribution in [3.8, 4) is 17.6 Å². The molecule has 0 aliphatic carbocycles. The van der Waals surface area contributed by atoms with Crippen LogP contribution in [0.3, 0.4) is 0 Å². The molecule has 0 fully saturated rings. The Labute approximate surface area is 288 Å². The van der Waals surface area contributed by atoms with Crippen molar-refractivity contribution in [1.82, 2.24) is 5.32 Å². The molecule has 0 spiro atoms. The van der Waals surface area contributed by atoms with Crippen molar-refractivity contribution >= 4 is 23.4 Å². The van der Waals surface area contributed by atoms with Crippen molar-refractivity contribution in [2.24, 2.45) is 5.92 Å². The van der Waals surface area contributed by atoms with Gasteiger partial charge in [0.2, 0.25) is 5.91 Å². The number of amides is 1. The molecule has 0 unspecified atom stereocenters. The number of nitrogens with one attached hydrogen (secondary N) is 1. The van der Waals surface area contributed by atoms with E-state index in [0.717, 1.165) is 44.1 Å². The monoisotopic (exact) mass is 669 g/mol. The SMILES string of the molecule is CC#CCOc1ccc(C[C@H](NC(=O)[C@@H](/C=C/CCCCCCC(=O)CCCCCCC)[C@@](O)(CCC)C(=O)O)C(=O)COCC)cc1. The van der Waals surface area contributed by atoms with Crippen LogP contribution < -0.4 is 10.1 Å². The minimum atomic E-state index is -2.35. The fourth-order valence-corrected chi connectivity index (χ4v) is 5.42. The zero-order valence-corrected chi connectivity index (χ0v) is 29.7. The lowest BCUT2D eigenvalue weighted by Gasteiger charge is -2.31. The predicted molar refractivity (Wildman–Crippen MR) is 189 cm³/mol. The highest BCUT2D eigenvalue weighted by Gasteiger charge is 2.46. The summed E-state index contributed by atoms with van der Waals surface area (Å²) < 4.78 is 10.9. The van der Waals surface area contributed by atoms with Gasteiger partial charge in [-0.3, -0.25) is 14.4 Å². The van der Waals surface area contributed by atoms with Gasteiger partial charge in [-0.1, -0.05) is 89.0 Å². The Kier molecular flexibility index (Phi) is 22.6. The zero-order chi connectivity index (χ0) is 35.6. The minimum absolute atomic E-state index is 0.140. The van der Waals surface area contributed by atoms with Crippen LogP contribution in [0.15, 0.2) is 36.4 Å². The van der Waals surface area contributed by atoms with Gasteiger partial charge < -0.3 is 25.0 Å². The first-order valence-electron chi connectivity index (χ1n) is 17.8. The van der Waals surface area contributed by atoms with Gasteiger partial charge in [-0.2, -0.15) is 0 Å². The number of aliphatic hydroxyl groups is 1. The number of carboxylic acids is 1. The normalized spacial score (nSPS) is 13.6. The van der Waals surface area contributed by atoms with Gasteiger partial charge in [0, 0.05) is 19.4 Å². The molecule has 268 valence electrons. The molecular weight excluding hydrogens is 610 g/mol. The number of hydrogen-bond donors (Lipinski definition) is 3. The topological polar surface area (TPSA) is 139 Å². The molecule has 0 bridgehead atoms. The number of hydrogen-bond acceptors (Lipinski definition) is 7. The van der Waals surface area contributed by atoms with Crippen LogP contribution >= 0.6 is 0 Å². The number of carboxylic acid groups (broad SMARTS) is 1. The lowest BCUT2D eigenvalue weighted by molar-refractivity contribution is -0.167. The maximum atomic E-state index is 13.7. The molecule has 0 heterocycles. The van der Waals surface area contributed by atoms with E-state index in [1.807, 2.05) is 0 Å². The molecule has 0 aromatic heterocycles. The van der Waals surface area contributed by atoms with Gasteiger partial charge in [0.05, 0.1) is 12.0 Å². The van der Waals surface area contributed by atoms with Gasteiger partial charge in [0.1, 0.15) is 24.7 Å². The van der Waals surface area contributed by atoms with Crippen LogP contribution in [0.25, 0.3) is 0 Å². The number of Topliss-reactive ketones (excluding diaryl/α,β-unsaturated/α-hetero) is 2. The molecule has 0 saturated heterocycles. The summed E-state index contributed by atoms with van der Waals surface area (Å²) in [5, 5.41) is 24.0. The van der Waals surface area contributed by atoms with E-state index in [1.165, 1.54) is 25.3 Å². The first-order chi connectivity index (χ1) is 23.1. The Morgan fingerprint density at radius 2 is 1.56 bits per heavy atom. The highest BCUT2D eigenvalue weighted by atomic mass is 16.5. The largest absolute Gasteiger partial charge is 0.481 e. The van der Waals surface area contributed by atoms with Crippen molar-refractivity contribution in [2.75, 3.05) is 19.8 Å². The molecule has 1 rings (SSSR count). The first kappa shape index (κ1) is 42.5. The number of rotatable bonds is 28. The Morgan fingerprint density at radius 1 is 0.917 bits per heavy atom. The Balaban J connectivity index is 2.91. The number of allylic oxidation sites excluding steroid dienone is 1. The lowest BCUT2D eigenvalue weighted by atomic mass is 9.82. The summed E-state index contributed by atoms with van der Waals surface area (Å²) in [4.78, 5) is 51.3. The zero-order valence-electron chi connectivity index (χ0n) is 29.7. The summed E-state index contributed by atoms with van der Waals surface area (Å²) in [5.74, 6) is 2.50. The summed E-state index contributed by atoms with van der Waals surface area (Å²) in [6.45, 7) is 7.74. The van der Waals surface area contributed by atoms with Gasteiger partial charge >= 0.3 is 5.97 Å². The van der Waals surface area contributed by atoms with Crippen LogP contribution in [0.1, 0.15) is 123 Å². The van der Waals surface area contributed by atoms with Gasteiger partial charge in [0.25, 0.3) is 0 Å². The Morgan fingerprint density at radius 3 is 2.15 bits per heavy atom. The average molecular weight is 670 g/mol. The number of benzene rings is 1. The quantitative estimate of drug-likeness (QED) is 0.0504. The Hall–Kier alpha value is -3.48. The molecule has 1 amide bonds. The number of ketones is 2. The third kappa shape index (κ3) is 17.1. The van der Waals surface area contributed by atoms with Gasteiger partial charge in [-0.05, 0) is 70.1 Å². The van der Waals surface area contributed by atoms with Crippen LogP contribution in [-0.4, -0.2) is 65.1 Å². The van der Waals surface area contributed by atoms with Crippen LogP contribution in [0, 0.1) is 17.8 Å². The molecule has 9 nitrogen and oxygen atoms in total. The predicted octanol–water partition coefficient (Wildman–Crippen LogP) is 6.78. The van der Waals surface area contributed by atoms with Gasteiger partial charge in [-0.15, -0.1) is 5.92 Å². The molecule has 1 aromatic rings. The van der Waals surface area contributed by atoms with Crippen LogP contribution in [0.5, 0.6) is 5.75 Å². The number of ether oxygens (including phenoxy) is 2. The summed E-state index contributed by atoms with van der Waals surface area (Å²) >= 11 is 0. The van der Waals surface area contributed by atoms with E-state index in [0.29, 0.717) is 43.8 Å². The molecule has 48 heavy (non-hydrogen) atoms. The summed E-state index contributed by atoms with van der Waals surface area (Å²) in [7, 11) is 0. The highest BCUT2D eigenvalue weighted by Crippen LogP contribution is 2.27. The minimum Gasteiger partial charge on any atom is -0.481 e. The smallest absolute Gasteiger partial charge is 0.336 e. The summed E-state index contributed by atoms with van der Waals surface area (Å²) in [6.07, 6.45) is 14.5. The lowest BCUT2D eigenvalue weighted by Crippen LogP contribution is -2.55. The summed E-state index contributed by atoms with van der Waals surface area (Å²) in [5.41, 5.74) is -1.60. The van der Waals surface area contributed by atoms with Crippen molar-refractivity contribution in [3.63, 3.8) is 0 Å². The van der Waals surface area contributed by atoms with Crippen molar-refractivity contribution in [2.45, 2.75) is 136 Å². The second kappa shape index (κ2) is 25.5. The van der Waals surface area contributed by atoms with Gasteiger partial charge in [-0.25, -0.2) is 4.79 Å². The second-order valence-electron chi connectivity index (χ2n) is 12.3. The summed E-state index contributed by atoms with van der Waals surface area (Å²) in [6, 6.07) is 6.07. The van der Waals surface area contributed by atoms with E-state index in [2.05, 4.69) is 24.1 Å². The van der Waals surface area contributed by atoms with E-state index < -0.39 is 29.4 Å². The van der Waals surface area contributed by atoms with Crippen LogP contribution in [0.4, 0.5) is 0 Å². The average Bonchev–Trinajstić information content (AvgIpc) is 3.06. The second-order valence-corrected chi connectivity index (χ2v) is 12.3. The van der Waals surface area contributed by atoms with Crippen molar-refractivity contribution < 1.29 is 38.9 Å². The number of carbonyl (C=O) groups excluding carboxylic acids is 3. The number of unbranched alkanes of at least 4 members (excludes halogenated alkanes) is 8. The Bertz CT molecular complexity index is 1180. The molecule has 0 aliphatic rings. The third-order valence-corrected chi connectivity index (χ3v) is 8.27. The number of aliphatic carboxylic acids is 1. The third-order valence-electron chi connectivity index (χ3n) is 8.27. The van der Waals surface area contributed by atoms with Crippen molar-refractivity contribution in [1.29, 1.82) is 0 Å². The fourth-order valence-electron chi connectivity index (χ4n) is 5.42. The molecule has 0 aliphatic heterocycles. The maximum Gasteiger partial charge on any atom is 0.336 e. The van der Waals surface area contributed by atoms with E-state index in [1.54, 1.807) is 51.1 Å². The fraction of sp³-hybridized carbons (Fsp3) is 0.641. The molecule has 0 saturated carbocycles.